The van der Waals surface area contributed by atoms with Crippen molar-refractivity contribution in [3.63, 3.8) is 0 Å². The Kier molecular flexibility index (Phi) is 4.61. The van der Waals surface area contributed by atoms with Gasteiger partial charge in [0.15, 0.2) is 0 Å². The Morgan fingerprint density at radius 3 is 2.48 bits per heavy atom. The first-order chi connectivity index (χ1) is 11.2. The minimum absolute atomic E-state index is 0.0812. The lowest BCUT2D eigenvalue weighted by atomic mass is 10.1. The molecule has 1 aliphatic rings. The number of hydrogen-bond acceptors (Lipinski definition) is 4. The molecule has 1 saturated heterocycles. The van der Waals surface area contributed by atoms with Gasteiger partial charge in [-0.3, -0.25) is 14.6 Å². The zero-order chi connectivity index (χ0) is 16.1. The highest BCUT2D eigenvalue weighted by Gasteiger charge is 2.19. The quantitative estimate of drug-likeness (QED) is 0.931. The van der Waals surface area contributed by atoms with E-state index in [1.807, 2.05) is 29.2 Å². The highest BCUT2D eigenvalue weighted by atomic mass is 16.2. The minimum Gasteiger partial charge on any atom is -0.347 e. The van der Waals surface area contributed by atoms with E-state index < -0.39 is 0 Å². The standard InChI is InChI=1S/C17H18N4O2/c22-16(15-12-18-7-8-19-15)20-11-13-3-5-14(6-4-13)17(23)21-9-1-2-10-21/h3-8,12H,1-2,9-11H2,(H,20,22). The largest absolute Gasteiger partial charge is 0.347 e. The van der Waals surface area contributed by atoms with E-state index in [1.165, 1.54) is 18.6 Å². The SMILES string of the molecule is O=C(NCc1ccc(C(=O)N2CCCC2)cc1)c1cnccn1. The Morgan fingerprint density at radius 1 is 1.09 bits per heavy atom. The van der Waals surface area contributed by atoms with Crippen molar-refractivity contribution in [3.8, 4) is 0 Å². The van der Waals surface area contributed by atoms with Gasteiger partial charge in [0.2, 0.25) is 0 Å². The number of carbonyl (C=O) groups is 2. The molecule has 6 heteroatoms. The van der Waals surface area contributed by atoms with Gasteiger partial charge in [-0.1, -0.05) is 12.1 Å². The first kappa shape index (κ1) is 15.1. The molecule has 6 nitrogen and oxygen atoms in total. The van der Waals surface area contributed by atoms with E-state index in [-0.39, 0.29) is 17.5 Å². The molecule has 3 rings (SSSR count). The van der Waals surface area contributed by atoms with Crippen molar-refractivity contribution in [2.75, 3.05) is 13.1 Å². The molecule has 0 unspecified atom stereocenters. The van der Waals surface area contributed by atoms with Crippen LogP contribution in [-0.2, 0) is 6.54 Å². The number of nitrogens with one attached hydrogen (secondary N) is 1. The summed E-state index contributed by atoms with van der Waals surface area (Å²) in [6.07, 6.45) is 6.59. The first-order valence-electron chi connectivity index (χ1n) is 7.66. The minimum atomic E-state index is -0.268. The second-order valence-electron chi connectivity index (χ2n) is 5.47. The van der Waals surface area contributed by atoms with Crippen LogP contribution in [-0.4, -0.2) is 39.8 Å². The van der Waals surface area contributed by atoms with Crippen LogP contribution in [0.2, 0.25) is 0 Å². The predicted octanol–water partition coefficient (Wildman–Crippen LogP) is 1.64. The van der Waals surface area contributed by atoms with Crippen molar-refractivity contribution < 1.29 is 9.59 Å². The van der Waals surface area contributed by atoms with Gasteiger partial charge in [-0.2, -0.15) is 0 Å². The van der Waals surface area contributed by atoms with Crippen molar-refractivity contribution in [1.82, 2.24) is 20.2 Å². The van der Waals surface area contributed by atoms with Crippen LogP contribution in [0.4, 0.5) is 0 Å². The summed E-state index contributed by atoms with van der Waals surface area (Å²) in [7, 11) is 0. The van der Waals surface area contributed by atoms with Crippen molar-refractivity contribution in [3.05, 3.63) is 59.7 Å². The summed E-state index contributed by atoms with van der Waals surface area (Å²) >= 11 is 0. The van der Waals surface area contributed by atoms with Crippen molar-refractivity contribution >= 4 is 11.8 Å². The van der Waals surface area contributed by atoms with Crippen LogP contribution in [0.3, 0.4) is 0 Å². The van der Waals surface area contributed by atoms with Crippen molar-refractivity contribution in [1.29, 1.82) is 0 Å². The van der Waals surface area contributed by atoms with Crippen LogP contribution in [0.25, 0.3) is 0 Å². The Morgan fingerprint density at radius 2 is 1.83 bits per heavy atom. The lowest BCUT2D eigenvalue weighted by Crippen LogP contribution is -2.27. The smallest absolute Gasteiger partial charge is 0.271 e. The van der Waals surface area contributed by atoms with Crippen LogP contribution in [0.15, 0.2) is 42.9 Å². The van der Waals surface area contributed by atoms with E-state index in [0.29, 0.717) is 12.1 Å². The number of carbonyl (C=O) groups excluding carboxylic acids is 2. The summed E-state index contributed by atoms with van der Waals surface area (Å²) in [5.74, 6) is -0.187. The zero-order valence-corrected chi connectivity index (χ0v) is 12.7. The third-order valence-corrected chi connectivity index (χ3v) is 3.84. The van der Waals surface area contributed by atoms with Gasteiger partial charge in [-0.15, -0.1) is 0 Å². The molecule has 0 radical (unpaired) electrons. The average molecular weight is 310 g/mol. The van der Waals surface area contributed by atoms with Crippen LogP contribution in [0.1, 0.15) is 39.3 Å². The predicted molar refractivity (Wildman–Crippen MR) is 84.8 cm³/mol. The molecule has 1 aromatic carbocycles. The molecule has 118 valence electrons. The van der Waals surface area contributed by atoms with Gasteiger partial charge < -0.3 is 10.2 Å². The number of rotatable bonds is 4. The Labute approximate surface area is 134 Å². The van der Waals surface area contributed by atoms with E-state index in [1.54, 1.807) is 0 Å². The number of likely N-dealkylation sites (tertiary alicyclic amines) is 1. The number of amides is 2. The molecule has 0 bridgehead atoms. The Balaban J connectivity index is 1.57. The van der Waals surface area contributed by atoms with E-state index in [4.69, 9.17) is 0 Å². The highest BCUT2D eigenvalue weighted by molar-refractivity contribution is 5.94. The van der Waals surface area contributed by atoms with E-state index in [9.17, 15) is 9.59 Å². The van der Waals surface area contributed by atoms with Crippen LogP contribution < -0.4 is 5.32 Å². The second-order valence-corrected chi connectivity index (χ2v) is 5.47. The summed E-state index contributed by atoms with van der Waals surface area (Å²) < 4.78 is 0. The molecule has 1 N–H and O–H groups in total. The monoisotopic (exact) mass is 310 g/mol. The highest BCUT2D eigenvalue weighted by Crippen LogP contribution is 2.13. The van der Waals surface area contributed by atoms with Gasteiger partial charge in [0.25, 0.3) is 11.8 Å². The maximum absolute atomic E-state index is 12.3. The number of aromatic nitrogens is 2. The summed E-state index contributed by atoms with van der Waals surface area (Å²) in [5.41, 5.74) is 1.91. The van der Waals surface area contributed by atoms with E-state index in [2.05, 4.69) is 15.3 Å². The Bertz CT molecular complexity index is 679. The van der Waals surface area contributed by atoms with Gasteiger partial charge in [0, 0.05) is 37.6 Å². The van der Waals surface area contributed by atoms with Crippen molar-refractivity contribution in [2.45, 2.75) is 19.4 Å². The fourth-order valence-corrected chi connectivity index (χ4v) is 2.56. The number of hydrogen-bond donors (Lipinski definition) is 1. The topological polar surface area (TPSA) is 75.2 Å². The maximum Gasteiger partial charge on any atom is 0.271 e. The Hall–Kier alpha value is -2.76. The molecule has 2 amide bonds. The van der Waals surface area contributed by atoms with E-state index >= 15 is 0 Å². The molecule has 1 aromatic heterocycles. The molecular formula is C17H18N4O2. The van der Waals surface area contributed by atoms with Gasteiger partial charge in [-0.05, 0) is 30.5 Å². The lowest BCUT2D eigenvalue weighted by Gasteiger charge is -2.15. The van der Waals surface area contributed by atoms with Crippen LogP contribution in [0.5, 0.6) is 0 Å². The molecular weight excluding hydrogens is 292 g/mol. The first-order valence-corrected chi connectivity index (χ1v) is 7.66. The molecule has 2 aromatic rings. The average Bonchev–Trinajstić information content (AvgIpc) is 3.15. The molecule has 0 saturated carbocycles. The van der Waals surface area contributed by atoms with E-state index in [0.717, 1.165) is 31.5 Å². The third kappa shape index (κ3) is 3.71. The van der Waals surface area contributed by atoms with Crippen molar-refractivity contribution in [2.24, 2.45) is 0 Å². The molecule has 1 aliphatic heterocycles. The molecule has 1 fully saturated rings. The molecule has 2 heterocycles. The normalized spacial score (nSPS) is 13.8. The fraction of sp³-hybridized carbons (Fsp3) is 0.294. The zero-order valence-electron chi connectivity index (χ0n) is 12.7. The molecule has 0 atom stereocenters. The number of benzene rings is 1. The van der Waals surface area contributed by atoms with Gasteiger partial charge in [0.05, 0.1) is 6.20 Å². The third-order valence-electron chi connectivity index (χ3n) is 3.84. The maximum atomic E-state index is 12.3. The van der Waals surface area contributed by atoms with Crippen LogP contribution >= 0.6 is 0 Å². The van der Waals surface area contributed by atoms with Crippen LogP contribution in [0, 0.1) is 0 Å². The summed E-state index contributed by atoms with van der Waals surface area (Å²) in [5, 5.41) is 2.78. The number of nitrogens with zero attached hydrogens (tertiary/aromatic N) is 3. The summed E-state index contributed by atoms with van der Waals surface area (Å²) in [6, 6.07) is 7.34. The summed E-state index contributed by atoms with van der Waals surface area (Å²) in [6.45, 7) is 2.07. The lowest BCUT2D eigenvalue weighted by molar-refractivity contribution is 0.0792. The van der Waals surface area contributed by atoms with Gasteiger partial charge >= 0.3 is 0 Å². The summed E-state index contributed by atoms with van der Waals surface area (Å²) in [4.78, 5) is 33.8. The van der Waals surface area contributed by atoms with Gasteiger partial charge in [0.1, 0.15) is 5.69 Å². The molecule has 23 heavy (non-hydrogen) atoms. The fourth-order valence-electron chi connectivity index (χ4n) is 2.56. The van der Waals surface area contributed by atoms with Gasteiger partial charge in [-0.25, -0.2) is 4.98 Å². The second kappa shape index (κ2) is 7.00. The molecule has 0 aliphatic carbocycles. The molecule has 0 spiro atoms.